The van der Waals surface area contributed by atoms with Gasteiger partial charge in [-0.2, -0.15) is 0 Å². The minimum atomic E-state index is 0.826. The highest BCUT2D eigenvalue weighted by Crippen LogP contribution is 2.38. The number of nitrogens with one attached hydrogen (secondary N) is 1. The summed E-state index contributed by atoms with van der Waals surface area (Å²) in [5, 5.41) is 12.6. The van der Waals surface area contributed by atoms with Gasteiger partial charge in [0, 0.05) is 28.1 Å². The van der Waals surface area contributed by atoms with Gasteiger partial charge in [0.2, 0.25) is 0 Å². The summed E-state index contributed by atoms with van der Waals surface area (Å²) in [6.07, 6.45) is 18.1. The Morgan fingerprint density at radius 1 is 0.795 bits per heavy atom. The molecule has 0 unspecified atom stereocenters. The maximum absolute atomic E-state index is 7.85. The van der Waals surface area contributed by atoms with E-state index in [4.69, 9.17) is 5.41 Å². The van der Waals surface area contributed by atoms with Crippen molar-refractivity contribution < 1.29 is 0 Å². The van der Waals surface area contributed by atoms with Crippen molar-refractivity contribution in [3.8, 4) is 5.69 Å². The topological polar surface area (TPSA) is 28.8 Å². The lowest BCUT2D eigenvalue weighted by molar-refractivity contribution is 1.18. The fraction of sp³-hybridized carbons (Fsp3) is 0.0541. The second-order valence-electron chi connectivity index (χ2n) is 9.39. The van der Waals surface area contributed by atoms with E-state index in [1.807, 2.05) is 25.2 Å². The zero-order valence-corrected chi connectivity index (χ0v) is 22.3. The molecule has 0 aliphatic heterocycles. The standard InChI is InChI=1S/C37H32N2/c1-4-7-10-15-27(14-8-5-2)29-19-22-34-35-23-20-30-24-28(31(26-38)13-6-3)18-21-33(30)37(35)39(36(34)25-29)32-16-11-9-12-17-32/h4-14,16-26,38H,1,3,15H2,2H3/b8-5-,10-7-,27-14-,31-13+,38-26?. The summed E-state index contributed by atoms with van der Waals surface area (Å²) in [6.45, 7) is 9.66. The van der Waals surface area contributed by atoms with Crippen LogP contribution in [-0.2, 0) is 0 Å². The van der Waals surface area contributed by atoms with E-state index < -0.39 is 0 Å². The maximum atomic E-state index is 7.85. The number of allylic oxidation sites excluding steroid dienone is 10. The van der Waals surface area contributed by atoms with Crippen LogP contribution >= 0.6 is 0 Å². The molecule has 190 valence electrons. The number of fused-ring (bicyclic) bond motifs is 5. The summed E-state index contributed by atoms with van der Waals surface area (Å²) in [6, 6.07) is 28.3. The molecule has 2 nitrogen and oxygen atoms in total. The summed E-state index contributed by atoms with van der Waals surface area (Å²) in [5.41, 5.74) is 7.79. The van der Waals surface area contributed by atoms with Gasteiger partial charge in [-0.05, 0) is 65.3 Å². The highest BCUT2D eigenvalue weighted by atomic mass is 15.0. The van der Waals surface area contributed by atoms with E-state index in [2.05, 4.69) is 121 Å². The Morgan fingerprint density at radius 2 is 1.56 bits per heavy atom. The second kappa shape index (κ2) is 11.6. The van der Waals surface area contributed by atoms with Gasteiger partial charge in [0.05, 0.1) is 11.0 Å². The summed E-state index contributed by atoms with van der Waals surface area (Å²) >= 11 is 0. The Bertz CT molecular complexity index is 1820. The Balaban J connectivity index is 1.82. The lowest BCUT2D eigenvalue weighted by Gasteiger charge is -2.12. The third-order valence-electron chi connectivity index (χ3n) is 7.01. The molecule has 5 rings (SSSR count). The van der Waals surface area contributed by atoms with Crippen molar-refractivity contribution in [1.82, 2.24) is 4.57 Å². The molecule has 1 N–H and O–H groups in total. The number of benzene rings is 4. The van der Waals surface area contributed by atoms with Crippen molar-refractivity contribution in [2.24, 2.45) is 0 Å². The minimum absolute atomic E-state index is 0.826. The summed E-state index contributed by atoms with van der Waals surface area (Å²) < 4.78 is 2.39. The van der Waals surface area contributed by atoms with Crippen LogP contribution in [0.5, 0.6) is 0 Å². The Kier molecular flexibility index (Phi) is 7.65. The van der Waals surface area contributed by atoms with Crippen molar-refractivity contribution in [2.75, 3.05) is 0 Å². The highest BCUT2D eigenvalue weighted by molar-refractivity contribution is 6.19. The monoisotopic (exact) mass is 504 g/mol. The van der Waals surface area contributed by atoms with Gasteiger partial charge in [0.1, 0.15) is 0 Å². The molecule has 0 saturated heterocycles. The first kappa shape index (κ1) is 25.7. The average Bonchev–Trinajstić information content (AvgIpc) is 3.32. The molecule has 0 saturated carbocycles. The molecule has 0 aliphatic carbocycles. The summed E-state index contributed by atoms with van der Waals surface area (Å²) in [5.74, 6) is 0. The number of hydrogen-bond donors (Lipinski definition) is 1. The van der Waals surface area contributed by atoms with Crippen LogP contribution in [0.2, 0.25) is 0 Å². The fourth-order valence-corrected chi connectivity index (χ4v) is 5.20. The molecule has 1 aromatic heterocycles. The summed E-state index contributed by atoms with van der Waals surface area (Å²) in [7, 11) is 0. The van der Waals surface area contributed by atoms with E-state index >= 15 is 0 Å². The van der Waals surface area contributed by atoms with Gasteiger partial charge >= 0.3 is 0 Å². The zero-order chi connectivity index (χ0) is 27.2. The molecular weight excluding hydrogens is 472 g/mol. The number of para-hydroxylation sites is 1. The fourth-order valence-electron chi connectivity index (χ4n) is 5.20. The lowest BCUT2D eigenvalue weighted by atomic mass is 9.98. The van der Waals surface area contributed by atoms with E-state index in [1.165, 1.54) is 44.5 Å². The van der Waals surface area contributed by atoms with E-state index in [0.717, 1.165) is 28.6 Å². The third kappa shape index (κ3) is 4.97. The molecule has 5 aromatic rings. The van der Waals surface area contributed by atoms with Crippen LogP contribution in [0.3, 0.4) is 0 Å². The molecule has 0 bridgehead atoms. The molecule has 2 heteroatoms. The van der Waals surface area contributed by atoms with Crippen LogP contribution < -0.4 is 0 Å². The van der Waals surface area contributed by atoms with Gasteiger partial charge in [0.25, 0.3) is 0 Å². The molecule has 0 fully saturated rings. The first-order valence-corrected chi connectivity index (χ1v) is 13.2. The molecule has 0 radical (unpaired) electrons. The molecule has 39 heavy (non-hydrogen) atoms. The van der Waals surface area contributed by atoms with Crippen LogP contribution in [0.4, 0.5) is 0 Å². The van der Waals surface area contributed by atoms with Crippen LogP contribution in [0, 0.1) is 5.41 Å². The van der Waals surface area contributed by atoms with Crippen LogP contribution in [-0.4, -0.2) is 10.8 Å². The van der Waals surface area contributed by atoms with Crippen LogP contribution in [0.1, 0.15) is 24.5 Å². The van der Waals surface area contributed by atoms with Crippen molar-refractivity contribution in [3.05, 3.63) is 152 Å². The van der Waals surface area contributed by atoms with Crippen molar-refractivity contribution >= 4 is 49.9 Å². The Labute approximate surface area is 230 Å². The molecular formula is C37H32N2. The van der Waals surface area contributed by atoms with Crippen molar-refractivity contribution in [1.29, 1.82) is 5.41 Å². The van der Waals surface area contributed by atoms with Crippen molar-refractivity contribution in [2.45, 2.75) is 13.3 Å². The van der Waals surface area contributed by atoms with Gasteiger partial charge in [-0.3, -0.25) is 0 Å². The zero-order valence-electron chi connectivity index (χ0n) is 22.3. The van der Waals surface area contributed by atoms with E-state index in [1.54, 1.807) is 6.08 Å². The molecule has 0 amide bonds. The number of nitrogens with zero attached hydrogens (tertiary/aromatic N) is 1. The number of hydrogen-bond acceptors (Lipinski definition) is 1. The van der Waals surface area contributed by atoms with Gasteiger partial charge < -0.3 is 9.98 Å². The quantitative estimate of drug-likeness (QED) is 0.153. The minimum Gasteiger partial charge on any atom is -0.309 e. The Morgan fingerprint density at radius 3 is 2.31 bits per heavy atom. The third-order valence-corrected chi connectivity index (χ3v) is 7.01. The second-order valence-corrected chi connectivity index (χ2v) is 9.39. The highest BCUT2D eigenvalue weighted by Gasteiger charge is 2.16. The van der Waals surface area contributed by atoms with Crippen LogP contribution in [0.15, 0.2) is 141 Å². The number of rotatable bonds is 9. The largest absolute Gasteiger partial charge is 0.309 e. The molecule has 4 aromatic carbocycles. The average molecular weight is 505 g/mol. The number of aromatic nitrogens is 1. The molecule has 0 atom stereocenters. The molecule has 0 aliphatic rings. The maximum Gasteiger partial charge on any atom is 0.0619 e. The molecule has 1 heterocycles. The van der Waals surface area contributed by atoms with Crippen LogP contribution in [0.25, 0.3) is 49.4 Å². The van der Waals surface area contributed by atoms with E-state index in [-0.39, 0.29) is 0 Å². The normalized spacial score (nSPS) is 12.7. The van der Waals surface area contributed by atoms with Gasteiger partial charge in [-0.25, -0.2) is 0 Å². The SMILES string of the molecule is C=C/C=C\C/C(=C/C=C\C)c1ccc2c3ccc4cc(/C(C=N)=C/C=C)ccc4c3n(-c3ccccc3)c2c1. The van der Waals surface area contributed by atoms with Gasteiger partial charge in [-0.15, -0.1) is 0 Å². The van der Waals surface area contributed by atoms with E-state index in [0.29, 0.717) is 0 Å². The van der Waals surface area contributed by atoms with Gasteiger partial charge in [-0.1, -0.05) is 116 Å². The Hall–Kier alpha value is -4.95. The predicted molar refractivity (Wildman–Crippen MR) is 172 cm³/mol. The van der Waals surface area contributed by atoms with E-state index in [9.17, 15) is 0 Å². The predicted octanol–water partition coefficient (Wildman–Crippen LogP) is 10.2. The summed E-state index contributed by atoms with van der Waals surface area (Å²) in [4.78, 5) is 0. The molecule has 0 spiro atoms. The first-order chi connectivity index (χ1) is 19.2. The lowest BCUT2D eigenvalue weighted by Crippen LogP contribution is -1.95. The first-order valence-electron chi connectivity index (χ1n) is 13.2. The van der Waals surface area contributed by atoms with Gasteiger partial charge in [0.15, 0.2) is 0 Å². The smallest absolute Gasteiger partial charge is 0.0619 e. The van der Waals surface area contributed by atoms with Crippen molar-refractivity contribution in [3.63, 3.8) is 0 Å².